The van der Waals surface area contributed by atoms with E-state index in [1.54, 1.807) is 35.8 Å². The summed E-state index contributed by atoms with van der Waals surface area (Å²) >= 11 is 7.27. The molecule has 0 atom stereocenters. The van der Waals surface area contributed by atoms with Crippen LogP contribution >= 0.6 is 22.9 Å². The number of thiazole rings is 1. The highest BCUT2D eigenvalue weighted by Gasteiger charge is 2.14. The summed E-state index contributed by atoms with van der Waals surface area (Å²) in [6, 6.07) is 12.1. The Balaban J connectivity index is 2.10. The van der Waals surface area contributed by atoms with E-state index in [0.717, 1.165) is 10.2 Å². The topological polar surface area (TPSA) is 69.9 Å². The van der Waals surface area contributed by atoms with Gasteiger partial charge < -0.3 is 14.0 Å². The number of halogens is 1. The fourth-order valence-corrected chi connectivity index (χ4v) is 3.90. The molecule has 0 aliphatic carbocycles. The molecule has 0 bridgehead atoms. The van der Waals surface area contributed by atoms with Crippen molar-refractivity contribution in [2.24, 2.45) is 4.99 Å². The number of esters is 1. The third-order valence-corrected chi connectivity index (χ3v) is 5.10. The summed E-state index contributed by atoms with van der Waals surface area (Å²) in [5, 5.41) is 0.457. The van der Waals surface area contributed by atoms with E-state index in [2.05, 4.69) is 4.99 Å². The molecule has 0 fully saturated rings. The molecule has 0 unspecified atom stereocenters. The highest BCUT2D eigenvalue weighted by molar-refractivity contribution is 7.16. The number of benzene rings is 2. The number of rotatable bonds is 6. The first-order chi connectivity index (χ1) is 13.5. The van der Waals surface area contributed by atoms with E-state index >= 15 is 0 Å². The number of amides is 1. The lowest BCUT2D eigenvalue weighted by Crippen LogP contribution is -2.23. The van der Waals surface area contributed by atoms with E-state index < -0.39 is 11.9 Å². The maximum atomic E-state index is 12.6. The Bertz CT molecular complexity index is 1090. The van der Waals surface area contributed by atoms with Gasteiger partial charge in [0.15, 0.2) is 4.80 Å². The predicted molar refractivity (Wildman–Crippen MR) is 109 cm³/mol. The average Bonchev–Trinajstić information content (AvgIpc) is 2.98. The van der Waals surface area contributed by atoms with Gasteiger partial charge in [0.1, 0.15) is 12.3 Å². The van der Waals surface area contributed by atoms with Crippen molar-refractivity contribution in [1.82, 2.24) is 4.57 Å². The van der Waals surface area contributed by atoms with E-state index in [1.807, 2.05) is 25.1 Å². The van der Waals surface area contributed by atoms with Crippen LogP contribution in [0.4, 0.5) is 0 Å². The zero-order valence-corrected chi connectivity index (χ0v) is 17.0. The molecule has 3 aromatic rings. The van der Waals surface area contributed by atoms with Crippen molar-refractivity contribution in [3.05, 3.63) is 57.9 Å². The zero-order chi connectivity index (χ0) is 20.1. The SMILES string of the molecule is CCOC(=O)Cn1c(=NC(=O)c2cccc(Cl)c2)sc2cc(OCC)ccc21. The van der Waals surface area contributed by atoms with E-state index in [1.165, 1.54) is 11.3 Å². The van der Waals surface area contributed by atoms with Gasteiger partial charge in [-0.3, -0.25) is 9.59 Å². The first kappa shape index (κ1) is 20.1. The molecular weight excluding hydrogens is 400 g/mol. The summed E-state index contributed by atoms with van der Waals surface area (Å²) in [7, 11) is 0. The van der Waals surface area contributed by atoms with Gasteiger partial charge in [0, 0.05) is 10.6 Å². The fourth-order valence-electron chi connectivity index (χ4n) is 2.66. The third kappa shape index (κ3) is 4.61. The number of carbonyl (C=O) groups excluding carboxylic acids is 2. The number of fused-ring (bicyclic) bond motifs is 1. The molecule has 2 aromatic carbocycles. The highest BCUT2D eigenvalue weighted by Crippen LogP contribution is 2.23. The van der Waals surface area contributed by atoms with Crippen LogP contribution in [0.3, 0.4) is 0 Å². The number of carbonyl (C=O) groups is 2. The third-order valence-electron chi connectivity index (χ3n) is 3.83. The van der Waals surface area contributed by atoms with E-state index in [-0.39, 0.29) is 13.2 Å². The maximum absolute atomic E-state index is 12.6. The molecular formula is C20H19ClN2O4S. The van der Waals surface area contributed by atoms with Gasteiger partial charge in [-0.05, 0) is 50.2 Å². The van der Waals surface area contributed by atoms with Gasteiger partial charge in [-0.25, -0.2) is 0 Å². The van der Waals surface area contributed by atoms with Crippen LogP contribution in [0.2, 0.25) is 5.02 Å². The Kier molecular flexibility index (Phi) is 6.49. The molecule has 0 radical (unpaired) electrons. The molecule has 0 N–H and O–H groups in total. The molecule has 0 aliphatic rings. The monoisotopic (exact) mass is 418 g/mol. The maximum Gasteiger partial charge on any atom is 0.326 e. The summed E-state index contributed by atoms with van der Waals surface area (Å²) in [6.07, 6.45) is 0. The molecule has 1 amide bonds. The number of hydrogen-bond donors (Lipinski definition) is 0. The molecule has 0 spiro atoms. The quantitative estimate of drug-likeness (QED) is 0.566. The van der Waals surface area contributed by atoms with Gasteiger partial charge in [0.05, 0.1) is 23.4 Å². The van der Waals surface area contributed by atoms with E-state index in [4.69, 9.17) is 21.1 Å². The van der Waals surface area contributed by atoms with Crippen molar-refractivity contribution in [3.63, 3.8) is 0 Å². The minimum absolute atomic E-state index is 0.0382. The number of hydrogen-bond acceptors (Lipinski definition) is 5. The van der Waals surface area contributed by atoms with Gasteiger partial charge in [0.2, 0.25) is 0 Å². The lowest BCUT2D eigenvalue weighted by Gasteiger charge is -2.06. The molecule has 1 heterocycles. The van der Waals surface area contributed by atoms with Crippen LogP contribution in [0.15, 0.2) is 47.5 Å². The Morgan fingerprint density at radius 1 is 1.14 bits per heavy atom. The van der Waals surface area contributed by atoms with Crippen LogP contribution in [0, 0.1) is 0 Å². The van der Waals surface area contributed by atoms with Crippen LogP contribution in [-0.2, 0) is 16.1 Å². The summed E-state index contributed by atoms with van der Waals surface area (Å²) in [4.78, 5) is 29.3. The summed E-state index contributed by atoms with van der Waals surface area (Å²) in [6.45, 7) is 4.44. The van der Waals surface area contributed by atoms with Gasteiger partial charge in [0.25, 0.3) is 5.91 Å². The van der Waals surface area contributed by atoms with Crippen molar-refractivity contribution in [2.75, 3.05) is 13.2 Å². The summed E-state index contributed by atoms with van der Waals surface area (Å²) < 4.78 is 13.1. The molecule has 0 saturated carbocycles. The minimum Gasteiger partial charge on any atom is -0.494 e. The second-order valence-corrected chi connectivity index (χ2v) is 7.21. The van der Waals surface area contributed by atoms with Gasteiger partial charge in [-0.1, -0.05) is 29.0 Å². The van der Waals surface area contributed by atoms with Crippen molar-refractivity contribution in [1.29, 1.82) is 0 Å². The summed E-state index contributed by atoms with van der Waals surface area (Å²) in [5.74, 6) is -0.114. The standard InChI is InChI=1S/C20H19ClN2O4S/c1-3-26-15-8-9-16-17(11-15)28-20(23(16)12-18(24)27-4-2)22-19(25)13-6-5-7-14(21)10-13/h5-11H,3-4,12H2,1-2H3. The van der Waals surface area contributed by atoms with Gasteiger partial charge in [-0.15, -0.1) is 0 Å². The van der Waals surface area contributed by atoms with Crippen LogP contribution in [0.25, 0.3) is 10.2 Å². The first-order valence-electron chi connectivity index (χ1n) is 8.78. The van der Waals surface area contributed by atoms with Crippen LogP contribution in [0.5, 0.6) is 5.75 Å². The number of nitrogens with zero attached hydrogens (tertiary/aromatic N) is 2. The fraction of sp³-hybridized carbons (Fsp3) is 0.250. The van der Waals surface area contributed by atoms with Gasteiger partial charge >= 0.3 is 5.97 Å². The van der Waals surface area contributed by atoms with Crippen molar-refractivity contribution in [3.8, 4) is 5.75 Å². The van der Waals surface area contributed by atoms with Crippen molar-refractivity contribution < 1.29 is 19.1 Å². The molecule has 6 nitrogen and oxygen atoms in total. The number of aromatic nitrogens is 1. The van der Waals surface area contributed by atoms with E-state index in [9.17, 15) is 9.59 Å². The smallest absolute Gasteiger partial charge is 0.326 e. The van der Waals surface area contributed by atoms with Crippen molar-refractivity contribution in [2.45, 2.75) is 20.4 Å². The van der Waals surface area contributed by atoms with Crippen LogP contribution in [-0.4, -0.2) is 29.7 Å². The first-order valence-corrected chi connectivity index (χ1v) is 9.97. The van der Waals surface area contributed by atoms with Crippen LogP contribution < -0.4 is 9.54 Å². The van der Waals surface area contributed by atoms with Crippen LogP contribution in [0.1, 0.15) is 24.2 Å². The molecule has 0 saturated heterocycles. The summed E-state index contributed by atoms with van der Waals surface area (Å²) in [5.41, 5.74) is 1.15. The molecule has 0 aliphatic heterocycles. The Hall–Kier alpha value is -2.64. The average molecular weight is 419 g/mol. The second kappa shape index (κ2) is 9.03. The lowest BCUT2D eigenvalue weighted by atomic mass is 10.2. The Labute approximate surface area is 171 Å². The largest absolute Gasteiger partial charge is 0.494 e. The Morgan fingerprint density at radius 2 is 1.96 bits per heavy atom. The minimum atomic E-state index is -0.434. The van der Waals surface area contributed by atoms with Crippen molar-refractivity contribution >= 4 is 45.0 Å². The molecule has 1 aromatic heterocycles. The normalized spacial score (nSPS) is 11.6. The zero-order valence-electron chi connectivity index (χ0n) is 15.5. The predicted octanol–water partition coefficient (Wildman–Crippen LogP) is 4.06. The highest BCUT2D eigenvalue weighted by atomic mass is 35.5. The van der Waals surface area contributed by atoms with Gasteiger partial charge in [-0.2, -0.15) is 4.99 Å². The molecule has 146 valence electrons. The number of ether oxygens (including phenoxy) is 2. The molecule has 8 heteroatoms. The molecule has 28 heavy (non-hydrogen) atoms. The van der Waals surface area contributed by atoms with E-state index in [0.29, 0.717) is 27.7 Å². The second-order valence-electron chi connectivity index (χ2n) is 5.77. The lowest BCUT2D eigenvalue weighted by molar-refractivity contribution is -0.143. The molecule has 3 rings (SSSR count). The Morgan fingerprint density at radius 3 is 2.68 bits per heavy atom.